The van der Waals surface area contributed by atoms with E-state index < -0.39 is 17.5 Å². The summed E-state index contributed by atoms with van der Waals surface area (Å²) in [5.74, 6) is -0.650. The average molecular weight is 368 g/mol. The smallest absolute Gasteiger partial charge is 0.412 e. The molecule has 0 spiro atoms. The van der Waals surface area contributed by atoms with E-state index in [0.717, 1.165) is 17.7 Å². The molecule has 2 aromatic carbocycles. The molecule has 1 aliphatic heterocycles. The van der Waals surface area contributed by atoms with Crippen molar-refractivity contribution in [1.82, 2.24) is 0 Å². The van der Waals surface area contributed by atoms with Crippen molar-refractivity contribution in [3.05, 3.63) is 58.9 Å². The number of hydrogen-bond acceptors (Lipinski definition) is 4. The zero-order chi connectivity index (χ0) is 19.6. The minimum Gasteiger partial charge on any atom is -0.444 e. The number of halogens is 1. The molecule has 27 heavy (non-hydrogen) atoms. The van der Waals surface area contributed by atoms with Gasteiger partial charge in [-0.15, -0.1) is 0 Å². The van der Waals surface area contributed by atoms with Gasteiger partial charge in [0.05, 0.1) is 11.4 Å². The van der Waals surface area contributed by atoms with Crippen molar-refractivity contribution in [3.63, 3.8) is 0 Å². The Morgan fingerprint density at radius 3 is 2.70 bits per heavy atom. The van der Waals surface area contributed by atoms with E-state index in [1.54, 1.807) is 32.9 Å². The minimum atomic E-state index is -0.700. The van der Waals surface area contributed by atoms with Gasteiger partial charge in [-0.05, 0) is 50.1 Å². The summed E-state index contributed by atoms with van der Waals surface area (Å²) in [6, 6.07) is 9.34. The summed E-state index contributed by atoms with van der Waals surface area (Å²) in [6.45, 7) is 5.21. The lowest BCUT2D eigenvalue weighted by Gasteiger charge is -2.20. The molecule has 1 heterocycles. The first-order valence-electron chi connectivity index (χ1n) is 8.68. The summed E-state index contributed by atoms with van der Waals surface area (Å²) in [7, 11) is 0. The second-order valence-corrected chi connectivity index (χ2v) is 7.39. The number of hydrogen-bond donors (Lipinski definition) is 1. The van der Waals surface area contributed by atoms with Crippen LogP contribution in [0.5, 0.6) is 0 Å². The standard InChI is InChI=1S/C21H21FN2O3/c1-21(2,3)27-20(26)24-18-12-16(22)7-6-14(18)11-19(25)15-5-4-13-8-9-23-17(13)10-15/h4-7,9-10,12H,8,11H2,1-3H3,(H,24,26). The molecule has 0 saturated heterocycles. The van der Waals surface area contributed by atoms with Crippen LogP contribution >= 0.6 is 0 Å². The van der Waals surface area contributed by atoms with Crippen LogP contribution in [-0.2, 0) is 17.6 Å². The number of benzene rings is 2. The molecular weight excluding hydrogens is 347 g/mol. The van der Waals surface area contributed by atoms with E-state index in [1.807, 2.05) is 12.3 Å². The molecule has 0 unspecified atom stereocenters. The maximum atomic E-state index is 13.7. The zero-order valence-electron chi connectivity index (χ0n) is 15.5. The SMILES string of the molecule is CC(C)(C)OC(=O)Nc1cc(F)ccc1CC(=O)c1ccc2c(c1)N=CC2. The summed E-state index contributed by atoms with van der Waals surface area (Å²) in [5, 5.41) is 2.53. The number of amides is 1. The lowest BCUT2D eigenvalue weighted by Crippen LogP contribution is -2.27. The molecule has 140 valence electrons. The molecule has 0 bridgehead atoms. The average Bonchev–Trinajstić information content (AvgIpc) is 3.03. The third-order valence-corrected chi connectivity index (χ3v) is 4.01. The molecule has 5 nitrogen and oxygen atoms in total. The Labute approximate surface area is 157 Å². The number of fused-ring (bicyclic) bond motifs is 1. The van der Waals surface area contributed by atoms with Crippen LogP contribution < -0.4 is 5.32 Å². The molecule has 6 heteroatoms. The summed E-state index contributed by atoms with van der Waals surface area (Å²) >= 11 is 0. The summed E-state index contributed by atoms with van der Waals surface area (Å²) in [4.78, 5) is 28.9. The molecular formula is C21H21FN2O3. The fourth-order valence-electron chi connectivity index (χ4n) is 2.78. The fraction of sp³-hybridized carbons (Fsp3) is 0.286. The monoisotopic (exact) mass is 368 g/mol. The maximum absolute atomic E-state index is 13.7. The Kier molecular flexibility index (Phi) is 5.08. The second-order valence-electron chi connectivity index (χ2n) is 7.39. The van der Waals surface area contributed by atoms with Gasteiger partial charge in [-0.1, -0.05) is 18.2 Å². The van der Waals surface area contributed by atoms with Gasteiger partial charge in [-0.3, -0.25) is 15.1 Å². The third-order valence-electron chi connectivity index (χ3n) is 4.01. The number of rotatable bonds is 4. The van der Waals surface area contributed by atoms with Gasteiger partial charge in [0.1, 0.15) is 11.4 Å². The second kappa shape index (κ2) is 7.31. The highest BCUT2D eigenvalue weighted by Crippen LogP contribution is 2.27. The van der Waals surface area contributed by atoms with Crippen molar-refractivity contribution < 1.29 is 18.7 Å². The van der Waals surface area contributed by atoms with Crippen molar-refractivity contribution in [2.75, 3.05) is 5.32 Å². The minimum absolute atomic E-state index is 0.0217. The zero-order valence-corrected chi connectivity index (χ0v) is 15.5. The van der Waals surface area contributed by atoms with E-state index in [-0.39, 0.29) is 17.9 Å². The molecule has 0 atom stereocenters. The van der Waals surface area contributed by atoms with E-state index in [4.69, 9.17) is 4.74 Å². The van der Waals surface area contributed by atoms with Gasteiger partial charge in [0.2, 0.25) is 0 Å². The number of Topliss-reactive ketones (excluding diaryl/α,β-unsaturated/α-hetero) is 1. The molecule has 0 aliphatic carbocycles. The predicted molar refractivity (Wildman–Crippen MR) is 103 cm³/mol. The van der Waals surface area contributed by atoms with Crippen molar-refractivity contribution >= 4 is 29.5 Å². The quantitative estimate of drug-likeness (QED) is 0.784. The first-order chi connectivity index (χ1) is 12.7. The van der Waals surface area contributed by atoms with Crippen molar-refractivity contribution in [1.29, 1.82) is 0 Å². The Hall–Kier alpha value is -3.02. The van der Waals surface area contributed by atoms with Gasteiger partial charge >= 0.3 is 6.09 Å². The highest BCUT2D eigenvalue weighted by Gasteiger charge is 2.19. The number of ether oxygens (including phenoxy) is 1. The highest BCUT2D eigenvalue weighted by molar-refractivity contribution is 6.00. The number of aliphatic imine (C=N–C) groups is 1. The molecule has 0 aromatic heterocycles. The molecule has 0 saturated carbocycles. The molecule has 2 aromatic rings. The number of nitrogens with one attached hydrogen (secondary N) is 1. The van der Waals surface area contributed by atoms with Crippen LogP contribution in [-0.4, -0.2) is 23.7 Å². The number of nitrogens with zero attached hydrogens (tertiary/aromatic N) is 1. The molecule has 1 N–H and O–H groups in total. The largest absolute Gasteiger partial charge is 0.444 e. The molecule has 1 aliphatic rings. The van der Waals surface area contributed by atoms with Crippen LogP contribution in [0, 0.1) is 5.82 Å². The lowest BCUT2D eigenvalue weighted by atomic mass is 9.99. The van der Waals surface area contributed by atoms with Gasteiger partial charge in [-0.2, -0.15) is 0 Å². The Bertz CT molecular complexity index is 930. The number of anilines is 1. The van der Waals surface area contributed by atoms with Crippen LogP contribution in [0.1, 0.15) is 42.3 Å². The maximum Gasteiger partial charge on any atom is 0.412 e. The number of ketones is 1. The normalized spacial score (nSPS) is 12.6. The van der Waals surface area contributed by atoms with Crippen molar-refractivity contribution in [2.45, 2.75) is 39.2 Å². The summed E-state index contributed by atoms with van der Waals surface area (Å²) in [6.07, 6.45) is 1.90. The Morgan fingerprint density at radius 2 is 1.96 bits per heavy atom. The molecule has 1 amide bonds. The Morgan fingerprint density at radius 1 is 1.19 bits per heavy atom. The number of carbonyl (C=O) groups excluding carboxylic acids is 2. The van der Waals surface area contributed by atoms with Gasteiger partial charge in [0.15, 0.2) is 5.78 Å². The van der Waals surface area contributed by atoms with Crippen LogP contribution in [0.4, 0.5) is 20.6 Å². The third kappa shape index (κ3) is 4.78. The van der Waals surface area contributed by atoms with Gasteiger partial charge in [0, 0.05) is 24.6 Å². The van der Waals surface area contributed by atoms with Crippen LogP contribution in [0.2, 0.25) is 0 Å². The fourth-order valence-corrected chi connectivity index (χ4v) is 2.78. The van der Waals surface area contributed by atoms with Gasteiger partial charge in [-0.25, -0.2) is 9.18 Å². The molecule has 0 fully saturated rings. The topological polar surface area (TPSA) is 67.8 Å². The van der Waals surface area contributed by atoms with E-state index in [0.29, 0.717) is 11.1 Å². The molecule has 3 rings (SSSR count). The van der Waals surface area contributed by atoms with Crippen molar-refractivity contribution in [2.24, 2.45) is 4.99 Å². The Balaban J connectivity index is 1.79. The van der Waals surface area contributed by atoms with Gasteiger partial charge < -0.3 is 4.74 Å². The molecule has 0 radical (unpaired) electrons. The predicted octanol–water partition coefficient (Wildman–Crippen LogP) is 4.86. The van der Waals surface area contributed by atoms with Crippen LogP contribution in [0.25, 0.3) is 0 Å². The van der Waals surface area contributed by atoms with Gasteiger partial charge in [0.25, 0.3) is 0 Å². The first-order valence-corrected chi connectivity index (χ1v) is 8.68. The summed E-state index contributed by atoms with van der Waals surface area (Å²) in [5.41, 5.74) is 2.46. The highest BCUT2D eigenvalue weighted by atomic mass is 19.1. The number of carbonyl (C=O) groups is 2. The lowest BCUT2D eigenvalue weighted by molar-refractivity contribution is 0.0635. The summed E-state index contributed by atoms with van der Waals surface area (Å²) < 4.78 is 18.9. The van der Waals surface area contributed by atoms with E-state index in [9.17, 15) is 14.0 Å². The first kappa shape index (κ1) is 18.8. The van der Waals surface area contributed by atoms with E-state index in [1.165, 1.54) is 18.2 Å². The van der Waals surface area contributed by atoms with Crippen molar-refractivity contribution in [3.8, 4) is 0 Å². The van der Waals surface area contributed by atoms with Crippen LogP contribution in [0.3, 0.4) is 0 Å². The van der Waals surface area contributed by atoms with E-state index in [2.05, 4.69) is 10.3 Å². The van der Waals surface area contributed by atoms with Crippen LogP contribution in [0.15, 0.2) is 41.4 Å². The van der Waals surface area contributed by atoms with E-state index >= 15 is 0 Å².